The Hall–Kier alpha value is -3.00. The lowest BCUT2D eigenvalue weighted by Gasteiger charge is -2.41. The van der Waals surface area contributed by atoms with Gasteiger partial charge < -0.3 is 14.4 Å². The summed E-state index contributed by atoms with van der Waals surface area (Å²) in [5.41, 5.74) is -1.90. The van der Waals surface area contributed by atoms with Gasteiger partial charge in [0.2, 0.25) is 0 Å². The Balaban J connectivity index is 1.29. The lowest BCUT2D eigenvalue weighted by Crippen LogP contribution is -2.46. The van der Waals surface area contributed by atoms with Crippen LogP contribution in [-0.2, 0) is 41.3 Å². The smallest absolute Gasteiger partial charge is 0.350 e. The molecule has 2 aromatic carbocycles. The van der Waals surface area contributed by atoms with Crippen LogP contribution in [0.15, 0.2) is 54.9 Å². The van der Waals surface area contributed by atoms with Crippen LogP contribution >= 0.6 is 0 Å². The SMILES string of the molecule is FC(F)(F)c1cc(CCOC2OCCN(Cc3ncnn3CCN3CCCC3)C2c2ccccc2)cc(C(F)(F)F)c1. The minimum atomic E-state index is -4.91. The first-order valence-electron chi connectivity index (χ1n) is 14.0. The highest BCUT2D eigenvalue weighted by Gasteiger charge is 2.38. The summed E-state index contributed by atoms with van der Waals surface area (Å²) in [6.07, 6.45) is -6.82. The fourth-order valence-electron chi connectivity index (χ4n) is 5.50. The lowest BCUT2D eigenvalue weighted by atomic mass is 10.0. The Bertz CT molecular complexity index is 1260. The fraction of sp³-hybridized carbons (Fsp3) is 0.517. The van der Waals surface area contributed by atoms with Gasteiger partial charge in [-0.25, -0.2) is 9.67 Å². The number of ether oxygens (including phenoxy) is 2. The maximum Gasteiger partial charge on any atom is 0.416 e. The first-order valence-corrected chi connectivity index (χ1v) is 14.0. The summed E-state index contributed by atoms with van der Waals surface area (Å²) in [5, 5.41) is 4.42. The molecule has 5 rings (SSSR count). The average Bonchev–Trinajstić information content (AvgIpc) is 3.63. The predicted molar refractivity (Wildman–Crippen MR) is 141 cm³/mol. The topological polar surface area (TPSA) is 55.7 Å². The maximum absolute atomic E-state index is 13.3. The molecule has 7 nitrogen and oxygen atoms in total. The quantitative estimate of drug-likeness (QED) is 0.285. The molecule has 0 spiro atoms. The predicted octanol–water partition coefficient (Wildman–Crippen LogP) is 5.57. The summed E-state index contributed by atoms with van der Waals surface area (Å²) < 4.78 is 93.7. The van der Waals surface area contributed by atoms with E-state index in [4.69, 9.17) is 9.47 Å². The van der Waals surface area contributed by atoms with Crippen molar-refractivity contribution in [3.05, 3.63) is 82.9 Å². The van der Waals surface area contributed by atoms with Crippen LogP contribution in [0.3, 0.4) is 0 Å². The highest BCUT2D eigenvalue weighted by molar-refractivity contribution is 5.33. The number of aromatic nitrogens is 3. The van der Waals surface area contributed by atoms with E-state index in [1.54, 1.807) is 0 Å². The number of nitrogens with zero attached hydrogens (tertiary/aromatic N) is 5. The minimum absolute atomic E-state index is 0.118. The van der Waals surface area contributed by atoms with Crippen LogP contribution in [0.25, 0.3) is 0 Å². The number of halogens is 6. The first kappa shape index (κ1) is 30.5. The molecule has 2 aliphatic rings. The molecule has 3 heterocycles. The van der Waals surface area contributed by atoms with Gasteiger partial charge in [0, 0.05) is 13.1 Å². The molecule has 0 N–H and O–H groups in total. The van der Waals surface area contributed by atoms with Crippen LogP contribution in [0.1, 0.15) is 47.0 Å². The second-order valence-electron chi connectivity index (χ2n) is 10.5. The zero-order chi connectivity index (χ0) is 29.7. The summed E-state index contributed by atoms with van der Waals surface area (Å²) in [7, 11) is 0. The standard InChI is InChI=1S/C29H33F6N5O2/c30-28(31,32)23-16-21(17-24(18-23)29(33,34)35)8-14-41-27-26(22-6-2-1-3-7-22)39(13-15-42-27)19-25-36-20-37-40(25)12-11-38-9-4-5-10-38/h1-3,6-7,16-18,20,26-27H,4-5,8-15,19H2. The van der Waals surface area contributed by atoms with E-state index in [1.165, 1.54) is 19.2 Å². The molecule has 2 fully saturated rings. The minimum Gasteiger partial charge on any atom is -0.350 e. The summed E-state index contributed by atoms with van der Waals surface area (Å²) in [6, 6.07) is 10.7. The van der Waals surface area contributed by atoms with Crippen molar-refractivity contribution in [2.75, 3.05) is 39.4 Å². The highest BCUT2D eigenvalue weighted by Crippen LogP contribution is 2.37. The van der Waals surface area contributed by atoms with E-state index in [9.17, 15) is 26.3 Å². The number of alkyl halides is 6. The number of hydrogen-bond acceptors (Lipinski definition) is 6. The van der Waals surface area contributed by atoms with Crippen molar-refractivity contribution < 1.29 is 35.8 Å². The van der Waals surface area contributed by atoms with E-state index in [-0.39, 0.29) is 30.7 Å². The summed E-state index contributed by atoms with van der Waals surface area (Å²) >= 11 is 0. The van der Waals surface area contributed by atoms with Gasteiger partial charge in [0.15, 0.2) is 6.29 Å². The summed E-state index contributed by atoms with van der Waals surface area (Å²) in [4.78, 5) is 9.05. The number of rotatable bonds is 10. The molecule has 2 saturated heterocycles. The van der Waals surface area contributed by atoms with E-state index in [1.807, 2.05) is 35.0 Å². The Morgan fingerprint density at radius 3 is 2.24 bits per heavy atom. The molecule has 42 heavy (non-hydrogen) atoms. The van der Waals surface area contributed by atoms with Gasteiger partial charge in [-0.15, -0.1) is 0 Å². The van der Waals surface area contributed by atoms with E-state index in [0.717, 1.165) is 43.2 Å². The van der Waals surface area contributed by atoms with Crippen molar-refractivity contribution in [2.24, 2.45) is 0 Å². The molecule has 228 valence electrons. The van der Waals surface area contributed by atoms with Crippen LogP contribution in [0, 0.1) is 0 Å². The molecule has 0 bridgehead atoms. The third-order valence-electron chi connectivity index (χ3n) is 7.64. The molecular weight excluding hydrogens is 564 g/mol. The van der Waals surface area contributed by atoms with Gasteiger partial charge in [0.05, 0.1) is 43.5 Å². The maximum atomic E-state index is 13.3. The van der Waals surface area contributed by atoms with Crippen LogP contribution in [0.2, 0.25) is 0 Å². The Kier molecular flexibility index (Phi) is 9.50. The van der Waals surface area contributed by atoms with Crippen LogP contribution in [0.5, 0.6) is 0 Å². The van der Waals surface area contributed by atoms with E-state index >= 15 is 0 Å². The molecule has 2 aliphatic heterocycles. The Labute approximate surface area is 240 Å². The molecule has 13 heteroatoms. The van der Waals surface area contributed by atoms with Crippen molar-refractivity contribution in [3.8, 4) is 0 Å². The summed E-state index contributed by atoms with van der Waals surface area (Å²) in [5.74, 6) is 0.791. The zero-order valence-corrected chi connectivity index (χ0v) is 22.9. The van der Waals surface area contributed by atoms with Gasteiger partial charge in [-0.05, 0) is 61.7 Å². The van der Waals surface area contributed by atoms with E-state index in [2.05, 4.69) is 19.9 Å². The van der Waals surface area contributed by atoms with Gasteiger partial charge in [0.25, 0.3) is 0 Å². The van der Waals surface area contributed by atoms with E-state index < -0.39 is 29.8 Å². The number of morpholine rings is 1. The molecule has 2 unspecified atom stereocenters. The number of benzene rings is 2. The van der Waals surface area contributed by atoms with Crippen molar-refractivity contribution in [1.29, 1.82) is 0 Å². The molecule has 0 aliphatic carbocycles. The molecule has 3 aromatic rings. The van der Waals surface area contributed by atoms with Gasteiger partial charge in [-0.2, -0.15) is 31.4 Å². The normalized spacial score (nSPS) is 20.8. The van der Waals surface area contributed by atoms with Crippen molar-refractivity contribution in [1.82, 2.24) is 24.6 Å². The Morgan fingerprint density at radius 2 is 1.57 bits per heavy atom. The van der Waals surface area contributed by atoms with Crippen molar-refractivity contribution in [3.63, 3.8) is 0 Å². The molecule has 2 atom stereocenters. The zero-order valence-electron chi connectivity index (χ0n) is 22.9. The third kappa shape index (κ3) is 7.68. The van der Waals surface area contributed by atoms with Crippen molar-refractivity contribution in [2.45, 2.75) is 57.0 Å². The molecular formula is C29H33F6N5O2. The lowest BCUT2D eigenvalue weighted by molar-refractivity contribution is -0.212. The number of hydrogen-bond donors (Lipinski definition) is 0. The molecule has 0 saturated carbocycles. The van der Waals surface area contributed by atoms with Crippen molar-refractivity contribution >= 4 is 0 Å². The van der Waals surface area contributed by atoms with E-state index in [0.29, 0.717) is 26.2 Å². The second kappa shape index (κ2) is 13.1. The Morgan fingerprint density at radius 1 is 0.881 bits per heavy atom. The van der Waals surface area contributed by atoms with Crippen LogP contribution in [-0.4, -0.2) is 70.2 Å². The first-order chi connectivity index (χ1) is 20.1. The number of likely N-dealkylation sites (tertiary alicyclic amines) is 1. The van der Waals surface area contributed by atoms with Gasteiger partial charge in [-0.3, -0.25) is 4.90 Å². The van der Waals surface area contributed by atoms with Gasteiger partial charge >= 0.3 is 12.4 Å². The summed E-state index contributed by atoms with van der Waals surface area (Å²) in [6.45, 7) is 5.00. The highest BCUT2D eigenvalue weighted by atomic mass is 19.4. The fourth-order valence-corrected chi connectivity index (χ4v) is 5.50. The van der Waals surface area contributed by atoms with Crippen LogP contribution < -0.4 is 0 Å². The third-order valence-corrected chi connectivity index (χ3v) is 7.64. The van der Waals surface area contributed by atoms with Crippen LogP contribution in [0.4, 0.5) is 26.3 Å². The largest absolute Gasteiger partial charge is 0.416 e. The average molecular weight is 598 g/mol. The molecule has 0 amide bonds. The molecule has 0 radical (unpaired) electrons. The second-order valence-corrected chi connectivity index (χ2v) is 10.5. The van der Waals surface area contributed by atoms with Gasteiger partial charge in [-0.1, -0.05) is 30.3 Å². The van der Waals surface area contributed by atoms with Gasteiger partial charge in [0.1, 0.15) is 12.2 Å². The monoisotopic (exact) mass is 597 g/mol. The molecule has 1 aromatic heterocycles.